The Morgan fingerprint density at radius 1 is 1.11 bits per heavy atom. The first-order valence-corrected chi connectivity index (χ1v) is 9.71. The van der Waals surface area contributed by atoms with Gasteiger partial charge in [0.1, 0.15) is 11.6 Å². The smallest absolute Gasteiger partial charge is 0.251 e. The Kier molecular flexibility index (Phi) is 5.35. The number of aromatic amines is 1. The van der Waals surface area contributed by atoms with Crippen LogP contribution in [0.15, 0.2) is 59.4 Å². The largest absolute Gasteiger partial charge is 0.307 e. The lowest BCUT2D eigenvalue weighted by Gasteiger charge is -2.25. The molecular formula is C23H24FN3O. The van der Waals surface area contributed by atoms with Crippen molar-refractivity contribution in [2.24, 2.45) is 0 Å². The first kappa shape index (κ1) is 18.6. The fourth-order valence-electron chi connectivity index (χ4n) is 3.65. The molecule has 144 valence electrons. The molecule has 4 rings (SSSR count). The van der Waals surface area contributed by atoms with E-state index in [1.165, 1.54) is 18.6 Å². The molecule has 3 aromatic rings. The Morgan fingerprint density at radius 3 is 2.57 bits per heavy atom. The molecule has 0 spiro atoms. The normalized spacial score (nSPS) is 14.2. The van der Waals surface area contributed by atoms with Gasteiger partial charge in [0, 0.05) is 30.6 Å². The third-order valence-corrected chi connectivity index (χ3v) is 5.36. The van der Waals surface area contributed by atoms with E-state index < -0.39 is 0 Å². The number of nitrogens with one attached hydrogen (secondary N) is 1. The molecule has 1 saturated carbocycles. The van der Waals surface area contributed by atoms with Gasteiger partial charge in [-0.05, 0) is 43.1 Å². The maximum absolute atomic E-state index is 13.1. The van der Waals surface area contributed by atoms with Crippen LogP contribution >= 0.6 is 0 Å². The van der Waals surface area contributed by atoms with Gasteiger partial charge in [-0.15, -0.1) is 0 Å². The molecule has 2 aromatic carbocycles. The Balaban J connectivity index is 1.57. The topological polar surface area (TPSA) is 49.0 Å². The molecule has 1 aliphatic rings. The van der Waals surface area contributed by atoms with Crippen molar-refractivity contribution in [1.29, 1.82) is 0 Å². The first-order valence-electron chi connectivity index (χ1n) is 9.71. The second kappa shape index (κ2) is 8.07. The van der Waals surface area contributed by atoms with Crippen LogP contribution in [0.2, 0.25) is 0 Å². The molecule has 0 bridgehead atoms. The van der Waals surface area contributed by atoms with E-state index in [0.29, 0.717) is 24.8 Å². The number of aromatic nitrogens is 2. The van der Waals surface area contributed by atoms with Gasteiger partial charge < -0.3 is 4.98 Å². The van der Waals surface area contributed by atoms with Gasteiger partial charge in [-0.3, -0.25) is 9.69 Å². The summed E-state index contributed by atoms with van der Waals surface area (Å²) < 4.78 is 13.1. The Labute approximate surface area is 164 Å². The standard InChI is InChI=1S/C23H24FN3O/c1-27(14-16-9-11-19(24)12-10-16)15-18-5-2-3-8-20(18)23-25-21(13-22(28)26-23)17-6-4-7-17/h2-3,5,8-13,17H,4,6-7,14-15H2,1H3,(H,25,26,28). The fraction of sp³-hybridized carbons (Fsp3) is 0.304. The predicted octanol–water partition coefficient (Wildman–Crippen LogP) is 4.48. The second-order valence-corrected chi connectivity index (χ2v) is 7.60. The zero-order valence-electron chi connectivity index (χ0n) is 16.0. The summed E-state index contributed by atoms with van der Waals surface area (Å²) in [6.07, 6.45) is 3.43. The zero-order chi connectivity index (χ0) is 19.5. The van der Waals surface area contributed by atoms with Gasteiger partial charge in [-0.1, -0.05) is 42.8 Å². The molecule has 0 amide bonds. The van der Waals surface area contributed by atoms with Crippen molar-refractivity contribution < 1.29 is 4.39 Å². The summed E-state index contributed by atoms with van der Waals surface area (Å²) in [5, 5.41) is 0. The van der Waals surface area contributed by atoms with Crippen LogP contribution in [0.3, 0.4) is 0 Å². The molecule has 0 radical (unpaired) electrons. The van der Waals surface area contributed by atoms with Crippen LogP contribution in [-0.4, -0.2) is 21.9 Å². The Bertz CT molecular complexity index is 1010. The summed E-state index contributed by atoms with van der Waals surface area (Å²) in [5.74, 6) is 0.827. The Hall–Kier alpha value is -2.79. The molecule has 4 nitrogen and oxygen atoms in total. The van der Waals surface area contributed by atoms with Crippen LogP contribution in [0.1, 0.15) is 42.0 Å². The number of rotatable bonds is 6. The number of hydrogen-bond acceptors (Lipinski definition) is 3. The van der Waals surface area contributed by atoms with E-state index in [4.69, 9.17) is 4.98 Å². The summed E-state index contributed by atoms with van der Waals surface area (Å²) in [4.78, 5) is 22.0. The minimum absolute atomic E-state index is 0.0960. The first-order chi connectivity index (χ1) is 13.6. The highest BCUT2D eigenvalue weighted by atomic mass is 19.1. The second-order valence-electron chi connectivity index (χ2n) is 7.60. The third-order valence-electron chi connectivity index (χ3n) is 5.36. The molecule has 1 aromatic heterocycles. The highest BCUT2D eigenvalue weighted by Gasteiger charge is 2.22. The molecule has 28 heavy (non-hydrogen) atoms. The maximum Gasteiger partial charge on any atom is 0.251 e. The van der Waals surface area contributed by atoms with E-state index >= 15 is 0 Å². The van der Waals surface area contributed by atoms with Crippen LogP contribution in [0, 0.1) is 5.82 Å². The van der Waals surface area contributed by atoms with E-state index in [-0.39, 0.29) is 11.4 Å². The molecule has 1 heterocycles. The minimum atomic E-state index is -0.224. The molecule has 1 fully saturated rings. The monoisotopic (exact) mass is 377 g/mol. The van der Waals surface area contributed by atoms with Gasteiger partial charge in [0.2, 0.25) is 0 Å². The molecule has 0 aliphatic heterocycles. The highest BCUT2D eigenvalue weighted by molar-refractivity contribution is 5.60. The summed E-state index contributed by atoms with van der Waals surface area (Å²) in [5.41, 5.74) is 3.91. The molecule has 0 unspecified atom stereocenters. The lowest BCUT2D eigenvalue weighted by Crippen LogP contribution is -2.19. The van der Waals surface area contributed by atoms with Gasteiger partial charge in [0.25, 0.3) is 5.56 Å². The average molecular weight is 377 g/mol. The molecule has 0 saturated heterocycles. The van der Waals surface area contributed by atoms with E-state index in [2.05, 4.69) is 16.0 Å². The Morgan fingerprint density at radius 2 is 1.86 bits per heavy atom. The van der Waals surface area contributed by atoms with Crippen molar-refractivity contribution in [2.75, 3.05) is 7.05 Å². The van der Waals surface area contributed by atoms with Crippen molar-refractivity contribution >= 4 is 0 Å². The van der Waals surface area contributed by atoms with Crippen LogP contribution in [0.25, 0.3) is 11.4 Å². The van der Waals surface area contributed by atoms with Crippen LogP contribution in [-0.2, 0) is 13.1 Å². The fourth-order valence-corrected chi connectivity index (χ4v) is 3.65. The van der Waals surface area contributed by atoms with Gasteiger partial charge in [0.05, 0.1) is 5.69 Å². The van der Waals surface area contributed by atoms with Gasteiger partial charge in [0.15, 0.2) is 0 Å². The van der Waals surface area contributed by atoms with Crippen molar-refractivity contribution in [3.63, 3.8) is 0 Å². The summed E-state index contributed by atoms with van der Waals surface area (Å²) in [6.45, 7) is 1.41. The number of benzene rings is 2. The van der Waals surface area contributed by atoms with E-state index in [0.717, 1.165) is 35.2 Å². The molecule has 5 heteroatoms. The molecular weight excluding hydrogens is 353 g/mol. The third kappa shape index (κ3) is 4.20. The maximum atomic E-state index is 13.1. The van der Waals surface area contributed by atoms with Gasteiger partial charge >= 0.3 is 0 Å². The number of hydrogen-bond donors (Lipinski definition) is 1. The van der Waals surface area contributed by atoms with Crippen LogP contribution in [0.5, 0.6) is 0 Å². The van der Waals surface area contributed by atoms with E-state index in [1.807, 2.05) is 25.2 Å². The number of halogens is 1. The SMILES string of the molecule is CN(Cc1ccc(F)cc1)Cc1ccccc1-c1nc(C2CCC2)cc(=O)[nH]1. The van der Waals surface area contributed by atoms with Gasteiger partial charge in [-0.2, -0.15) is 0 Å². The van der Waals surface area contributed by atoms with Crippen molar-refractivity contribution in [3.05, 3.63) is 87.6 Å². The van der Waals surface area contributed by atoms with Gasteiger partial charge in [-0.25, -0.2) is 9.37 Å². The number of nitrogens with zero attached hydrogens (tertiary/aromatic N) is 2. The molecule has 0 atom stereocenters. The van der Waals surface area contributed by atoms with Crippen molar-refractivity contribution in [1.82, 2.24) is 14.9 Å². The van der Waals surface area contributed by atoms with Crippen molar-refractivity contribution in [3.8, 4) is 11.4 Å². The van der Waals surface area contributed by atoms with Crippen LogP contribution < -0.4 is 5.56 Å². The van der Waals surface area contributed by atoms with Crippen LogP contribution in [0.4, 0.5) is 4.39 Å². The lowest BCUT2D eigenvalue weighted by molar-refractivity contribution is 0.319. The lowest BCUT2D eigenvalue weighted by atomic mass is 9.83. The van der Waals surface area contributed by atoms with E-state index in [9.17, 15) is 9.18 Å². The molecule has 1 N–H and O–H groups in total. The van der Waals surface area contributed by atoms with Crippen molar-refractivity contribution in [2.45, 2.75) is 38.3 Å². The average Bonchev–Trinajstić information content (AvgIpc) is 2.62. The highest BCUT2D eigenvalue weighted by Crippen LogP contribution is 2.35. The quantitative estimate of drug-likeness (QED) is 0.689. The minimum Gasteiger partial charge on any atom is -0.307 e. The van der Waals surface area contributed by atoms with E-state index in [1.54, 1.807) is 18.2 Å². The number of H-pyrrole nitrogens is 1. The predicted molar refractivity (Wildman–Crippen MR) is 108 cm³/mol. The summed E-state index contributed by atoms with van der Waals surface area (Å²) in [6, 6.07) is 16.2. The summed E-state index contributed by atoms with van der Waals surface area (Å²) >= 11 is 0. The summed E-state index contributed by atoms with van der Waals surface area (Å²) in [7, 11) is 2.03. The zero-order valence-corrected chi connectivity index (χ0v) is 16.0. The molecule has 1 aliphatic carbocycles.